The number of rotatable bonds is 11. The monoisotopic (exact) mass is 1130 g/mol. The lowest BCUT2D eigenvalue weighted by atomic mass is 9.95. The van der Waals surface area contributed by atoms with Crippen molar-refractivity contribution in [1.29, 1.82) is 0 Å². The molecule has 400 valence electrons. The summed E-state index contributed by atoms with van der Waals surface area (Å²) < 4.78 is 302. The van der Waals surface area contributed by atoms with Gasteiger partial charge in [0.1, 0.15) is 11.5 Å². The van der Waals surface area contributed by atoms with Gasteiger partial charge in [0.05, 0.1) is 22.4 Å². The minimum atomic E-state index is -3.17. The van der Waals surface area contributed by atoms with Crippen LogP contribution >= 0.6 is 0 Å². The van der Waals surface area contributed by atoms with Gasteiger partial charge in [0, 0.05) is 11.1 Å². The van der Waals surface area contributed by atoms with Crippen LogP contribution in [0.4, 0.5) is 87.8 Å². The van der Waals surface area contributed by atoms with Gasteiger partial charge in [-0.3, -0.25) is 0 Å². The average Bonchev–Trinajstić information content (AvgIpc) is 3.44. The molecule has 8 aromatic rings. The van der Waals surface area contributed by atoms with Gasteiger partial charge < -0.3 is 34.3 Å². The Kier molecular flexibility index (Phi) is 15.8. The second-order valence-electron chi connectivity index (χ2n) is 14.8. The summed E-state index contributed by atoms with van der Waals surface area (Å²) in [6.07, 6.45) is 0. The van der Waals surface area contributed by atoms with Crippen molar-refractivity contribution in [3.63, 3.8) is 0 Å². The number of carboxylic acid groups (broad SMARTS) is 1. The first-order valence-electron chi connectivity index (χ1n) is 20.1. The minimum Gasteiger partial charge on any atom is -0.545 e. The van der Waals surface area contributed by atoms with E-state index in [0.717, 1.165) is 9.79 Å². The van der Waals surface area contributed by atoms with Crippen molar-refractivity contribution in [1.82, 2.24) is 0 Å². The van der Waals surface area contributed by atoms with E-state index in [1.807, 2.05) is 42.5 Å². The molecule has 0 saturated heterocycles. The first-order valence-corrected chi connectivity index (χ1v) is 21.3. The Hall–Kier alpha value is -8.82. The van der Waals surface area contributed by atoms with Gasteiger partial charge in [-0.2, -0.15) is 26.3 Å². The highest BCUT2D eigenvalue weighted by molar-refractivity contribution is 7.97. The van der Waals surface area contributed by atoms with E-state index < -0.39 is 180 Å². The van der Waals surface area contributed by atoms with Crippen LogP contribution in [-0.4, -0.2) is 16.2 Å². The topological polar surface area (TPSA) is 108 Å². The molecule has 8 rings (SSSR count). The molecular weight excluding hydrogens is 1110 g/mol. The molecule has 2 N–H and O–H groups in total. The van der Waals surface area contributed by atoms with Crippen LogP contribution in [0.3, 0.4) is 0 Å². The van der Waals surface area contributed by atoms with E-state index in [2.05, 4.69) is 26.3 Å². The predicted octanol–water partition coefficient (Wildman–Crippen LogP) is 14.1. The van der Waals surface area contributed by atoms with E-state index in [9.17, 15) is 99.1 Å². The first-order chi connectivity index (χ1) is 36.2. The molecule has 0 saturated carbocycles. The summed E-state index contributed by atoms with van der Waals surface area (Å²) in [6.45, 7) is 0. The molecule has 0 aromatic heterocycles. The number of phenolic OH excluding ortho intramolecular Hbond substituents is 2. The fourth-order valence-corrected chi connectivity index (χ4v) is 8.65. The number of carbonyl (C=O) groups is 1. The summed E-state index contributed by atoms with van der Waals surface area (Å²) in [5.74, 6) is -80.7. The van der Waals surface area contributed by atoms with Gasteiger partial charge in [0.25, 0.3) is 0 Å². The van der Waals surface area contributed by atoms with Crippen LogP contribution in [0.1, 0.15) is 10.4 Å². The number of aromatic carboxylic acids is 1. The third-order valence-electron chi connectivity index (χ3n) is 10.1. The lowest BCUT2D eigenvalue weighted by Crippen LogP contribution is -2.24. The molecule has 0 radical (unpaired) electrons. The molecule has 7 nitrogen and oxygen atoms in total. The third-order valence-corrected chi connectivity index (χ3v) is 12.4. The summed E-state index contributed by atoms with van der Waals surface area (Å²) >= 11 is 0. The summed E-state index contributed by atoms with van der Waals surface area (Å²) in [5.41, 5.74) is -7.70. The van der Waals surface area contributed by atoms with Gasteiger partial charge in [0.2, 0.25) is 116 Å². The largest absolute Gasteiger partial charge is 0.545 e. The molecule has 0 unspecified atom stereocenters. The molecule has 8 aromatic carbocycles. The van der Waals surface area contributed by atoms with Crippen molar-refractivity contribution in [3.8, 4) is 57.1 Å². The van der Waals surface area contributed by atoms with Crippen molar-refractivity contribution in [3.05, 3.63) is 207 Å². The molecular formula is C49H16F20O7S. The van der Waals surface area contributed by atoms with E-state index in [4.69, 9.17) is 0 Å². The van der Waals surface area contributed by atoms with Crippen molar-refractivity contribution in [2.75, 3.05) is 0 Å². The van der Waals surface area contributed by atoms with Gasteiger partial charge in [-0.05, 0) is 66.7 Å². The fourth-order valence-electron chi connectivity index (χ4n) is 6.59. The molecule has 0 aliphatic carbocycles. The maximum atomic E-state index is 15.2. The number of carbonyl (C=O) groups excluding carboxylic acids is 1. The van der Waals surface area contributed by atoms with Gasteiger partial charge in [0.15, 0.2) is 49.5 Å². The Morgan fingerprint density at radius 3 is 0.961 bits per heavy atom. The van der Waals surface area contributed by atoms with Crippen molar-refractivity contribution in [2.24, 2.45) is 0 Å². The smallest absolute Gasteiger partial charge is 0.213 e. The van der Waals surface area contributed by atoms with Crippen LogP contribution in [0.5, 0.6) is 46.0 Å². The van der Waals surface area contributed by atoms with Crippen molar-refractivity contribution < 1.29 is 122 Å². The molecule has 0 bridgehead atoms. The van der Waals surface area contributed by atoms with Crippen LogP contribution < -0.4 is 19.3 Å². The number of hydrogen-bond acceptors (Lipinski definition) is 7. The van der Waals surface area contributed by atoms with E-state index in [1.54, 1.807) is 24.3 Å². The summed E-state index contributed by atoms with van der Waals surface area (Å²) in [5, 5.41) is 31.2. The number of ether oxygens (including phenoxy) is 3. The van der Waals surface area contributed by atoms with Crippen LogP contribution in [0.2, 0.25) is 0 Å². The highest BCUT2D eigenvalue weighted by atomic mass is 32.2. The molecule has 0 aliphatic rings. The van der Waals surface area contributed by atoms with Gasteiger partial charge in [-0.25, -0.2) is 61.5 Å². The standard InChI is InChI=1S/C31H2F20O5.C18H14O2S/c32-6-5(7(33)9(35)10(36)8(6)34)4-2(31(52)53)1-3(54-28-20(46)14(40)11(37)15(41)21(28)47)26(55-29-22(48)16(42)12(38)17(43)23(29)49)27(4)56-30-24(50)18(44)13(39)19(45)25(30)51;19-14-6-10-17(11-7-14)21(16-4-2-1-3-5-16)18-12-8-15(20)9-13-18/h1H,(H,52,53);1-13H,(H-,19,20). The van der Waals surface area contributed by atoms with Crippen molar-refractivity contribution in [2.45, 2.75) is 14.7 Å². The maximum absolute atomic E-state index is 15.2. The molecule has 77 heavy (non-hydrogen) atoms. The quantitative estimate of drug-likeness (QED) is 0.0575. The molecule has 0 fully saturated rings. The number of phenols is 2. The Morgan fingerprint density at radius 1 is 0.338 bits per heavy atom. The Bertz CT molecular complexity index is 3520. The average molecular weight is 1130 g/mol. The van der Waals surface area contributed by atoms with Crippen LogP contribution in [-0.2, 0) is 10.9 Å². The highest BCUT2D eigenvalue weighted by Gasteiger charge is 2.39. The zero-order chi connectivity index (χ0) is 56.8. The summed E-state index contributed by atoms with van der Waals surface area (Å²) in [6, 6.07) is 24.2. The second-order valence-corrected chi connectivity index (χ2v) is 16.8. The van der Waals surface area contributed by atoms with E-state index >= 15 is 8.78 Å². The Morgan fingerprint density at radius 2 is 0.623 bits per heavy atom. The van der Waals surface area contributed by atoms with Crippen molar-refractivity contribution >= 4 is 16.9 Å². The number of benzene rings is 8. The lowest BCUT2D eigenvalue weighted by molar-refractivity contribution is -0.255. The molecule has 0 amide bonds. The zero-order valence-corrected chi connectivity index (χ0v) is 37.3. The van der Waals surface area contributed by atoms with E-state index in [0.29, 0.717) is 0 Å². The number of carboxylic acids is 1. The molecule has 0 spiro atoms. The number of aromatic hydroxyl groups is 2. The predicted molar refractivity (Wildman–Crippen MR) is 220 cm³/mol. The van der Waals surface area contributed by atoms with Gasteiger partial charge >= 0.3 is 0 Å². The first kappa shape index (κ1) is 55.9. The maximum Gasteiger partial charge on any atom is 0.213 e. The second kappa shape index (κ2) is 21.8. The molecule has 28 heteroatoms. The fraction of sp³-hybridized carbons (Fsp3) is 0. The Labute approximate surface area is 416 Å². The number of hydrogen-bond donors (Lipinski definition) is 2. The van der Waals surface area contributed by atoms with Crippen LogP contribution in [0.25, 0.3) is 11.1 Å². The van der Waals surface area contributed by atoms with E-state index in [-0.39, 0.29) is 22.4 Å². The van der Waals surface area contributed by atoms with Gasteiger partial charge in [-0.1, -0.05) is 18.2 Å². The van der Waals surface area contributed by atoms with Gasteiger partial charge in [-0.15, -0.1) is 0 Å². The van der Waals surface area contributed by atoms with Crippen LogP contribution in [0.15, 0.2) is 99.6 Å². The third kappa shape index (κ3) is 10.2. The summed E-state index contributed by atoms with van der Waals surface area (Å²) in [7, 11) is -0.253. The SMILES string of the molecule is O=C([O-])c1cc(Oc2c(F)c(F)c(F)c(F)c2F)c(Oc2c(F)c(F)c(F)c(F)c2F)c(Oc2c(F)c(F)c(F)c(F)c2F)c1-c1c(F)c(F)c(F)c(F)c1F.Oc1ccc([S+](c2ccccc2)c2ccc(O)cc2)cc1. The Balaban J connectivity index is 0.000000339. The summed E-state index contributed by atoms with van der Waals surface area (Å²) in [4.78, 5) is 15.7. The normalized spacial score (nSPS) is 11.2. The molecule has 0 aliphatic heterocycles. The van der Waals surface area contributed by atoms with E-state index in [1.165, 1.54) is 4.90 Å². The molecule has 0 atom stereocenters. The molecule has 0 heterocycles. The number of halogens is 20. The minimum absolute atomic E-state index is 0.253. The lowest BCUT2D eigenvalue weighted by Gasteiger charge is -2.24. The highest BCUT2D eigenvalue weighted by Crippen LogP contribution is 2.55. The van der Waals surface area contributed by atoms with Crippen LogP contribution in [0, 0.1) is 116 Å². The zero-order valence-electron chi connectivity index (χ0n) is 36.5.